The number of aromatic nitrogens is 2. The van der Waals surface area contributed by atoms with Crippen LogP contribution in [-0.2, 0) is 17.8 Å². The summed E-state index contributed by atoms with van der Waals surface area (Å²) in [5.74, 6) is 0.0576. The van der Waals surface area contributed by atoms with E-state index >= 15 is 0 Å². The molecule has 1 aliphatic rings. The van der Waals surface area contributed by atoms with Crippen molar-refractivity contribution in [2.75, 3.05) is 0 Å². The Balaban J connectivity index is 1.85. The number of carboxylic acid groups (broad SMARTS) is 1. The van der Waals surface area contributed by atoms with Crippen LogP contribution in [0.15, 0.2) is 12.4 Å². The molecular weight excluding hydrogens is 180 g/mol. The predicted octanol–water partition coefficient (Wildman–Crippen LogP) is 1.31. The Bertz CT molecular complexity index is 329. The third kappa shape index (κ3) is 2.58. The Hall–Kier alpha value is -1.32. The van der Waals surface area contributed by atoms with Gasteiger partial charge in [0.15, 0.2) is 0 Å². The van der Waals surface area contributed by atoms with Crippen molar-refractivity contribution < 1.29 is 9.90 Å². The van der Waals surface area contributed by atoms with Crippen LogP contribution in [0, 0.1) is 5.92 Å². The van der Waals surface area contributed by atoms with Gasteiger partial charge in [0.25, 0.3) is 0 Å². The van der Waals surface area contributed by atoms with E-state index in [0.29, 0.717) is 6.42 Å². The molecule has 0 unspecified atom stereocenters. The quantitative estimate of drug-likeness (QED) is 0.768. The molecule has 4 nitrogen and oxygen atoms in total. The van der Waals surface area contributed by atoms with Gasteiger partial charge in [0.1, 0.15) is 0 Å². The van der Waals surface area contributed by atoms with Gasteiger partial charge in [0, 0.05) is 19.2 Å². The molecule has 0 aliphatic heterocycles. The van der Waals surface area contributed by atoms with Gasteiger partial charge >= 0.3 is 5.97 Å². The summed E-state index contributed by atoms with van der Waals surface area (Å²) < 4.78 is 1.93. The highest BCUT2D eigenvalue weighted by Gasteiger charge is 2.21. The van der Waals surface area contributed by atoms with E-state index < -0.39 is 5.97 Å². The van der Waals surface area contributed by atoms with E-state index in [0.717, 1.165) is 18.0 Å². The van der Waals surface area contributed by atoms with Crippen molar-refractivity contribution in [3.8, 4) is 0 Å². The van der Waals surface area contributed by atoms with E-state index in [9.17, 15) is 4.79 Å². The second-order valence-electron chi connectivity index (χ2n) is 3.91. The monoisotopic (exact) mass is 194 g/mol. The van der Waals surface area contributed by atoms with Gasteiger partial charge in [0.05, 0.1) is 6.20 Å². The zero-order chi connectivity index (χ0) is 9.97. The molecule has 0 aromatic carbocycles. The average molecular weight is 194 g/mol. The minimum absolute atomic E-state index is 0.190. The van der Waals surface area contributed by atoms with Crippen molar-refractivity contribution in [3.63, 3.8) is 0 Å². The van der Waals surface area contributed by atoms with E-state index in [1.165, 1.54) is 12.8 Å². The molecule has 4 heteroatoms. The highest BCUT2D eigenvalue weighted by molar-refractivity contribution is 5.67. The molecule has 0 amide bonds. The third-order valence-corrected chi connectivity index (χ3v) is 2.46. The van der Waals surface area contributed by atoms with Crippen LogP contribution in [-0.4, -0.2) is 20.9 Å². The molecule has 1 N–H and O–H groups in total. The maximum atomic E-state index is 10.3. The molecule has 0 bridgehead atoms. The fraction of sp³-hybridized carbons (Fsp3) is 0.600. The van der Waals surface area contributed by atoms with Crippen molar-refractivity contribution >= 4 is 5.97 Å². The highest BCUT2D eigenvalue weighted by Crippen LogP contribution is 2.30. The van der Waals surface area contributed by atoms with Crippen LogP contribution in [0.3, 0.4) is 0 Å². The summed E-state index contributed by atoms with van der Waals surface area (Å²) >= 11 is 0. The third-order valence-electron chi connectivity index (χ3n) is 2.46. The summed E-state index contributed by atoms with van der Waals surface area (Å²) in [6.07, 6.45) is 7.12. The van der Waals surface area contributed by atoms with Gasteiger partial charge in [-0.2, -0.15) is 5.10 Å². The number of nitrogens with zero attached hydrogens (tertiary/aromatic N) is 2. The van der Waals surface area contributed by atoms with Crippen LogP contribution in [0.2, 0.25) is 0 Å². The van der Waals surface area contributed by atoms with E-state index in [1.807, 2.05) is 10.9 Å². The SMILES string of the molecule is O=C(O)CCc1cnn(CC2CC2)c1. The van der Waals surface area contributed by atoms with Crippen LogP contribution in [0.25, 0.3) is 0 Å². The van der Waals surface area contributed by atoms with E-state index in [-0.39, 0.29) is 6.42 Å². The van der Waals surface area contributed by atoms with Crippen LogP contribution < -0.4 is 0 Å². The molecule has 0 atom stereocenters. The molecule has 0 radical (unpaired) electrons. The minimum atomic E-state index is -0.750. The lowest BCUT2D eigenvalue weighted by Crippen LogP contribution is -1.99. The fourth-order valence-electron chi connectivity index (χ4n) is 1.45. The number of carboxylic acids is 1. The summed E-state index contributed by atoms with van der Waals surface area (Å²) in [7, 11) is 0. The minimum Gasteiger partial charge on any atom is -0.481 e. The maximum Gasteiger partial charge on any atom is 0.303 e. The lowest BCUT2D eigenvalue weighted by atomic mass is 10.2. The molecule has 76 valence electrons. The summed E-state index contributed by atoms with van der Waals surface area (Å²) in [4.78, 5) is 10.3. The molecule has 1 fully saturated rings. The summed E-state index contributed by atoms with van der Waals surface area (Å²) in [5.41, 5.74) is 1.02. The molecule has 1 saturated carbocycles. The largest absolute Gasteiger partial charge is 0.481 e. The Morgan fingerprint density at radius 1 is 1.64 bits per heavy atom. The highest BCUT2D eigenvalue weighted by atomic mass is 16.4. The van der Waals surface area contributed by atoms with Gasteiger partial charge < -0.3 is 5.11 Å². The first-order chi connectivity index (χ1) is 6.74. The summed E-state index contributed by atoms with van der Waals surface area (Å²) in [6, 6.07) is 0. The molecule has 1 heterocycles. The molecule has 1 aromatic rings. The molecule has 0 spiro atoms. The number of aliphatic carboxylic acids is 1. The summed E-state index contributed by atoms with van der Waals surface area (Å²) in [5, 5.41) is 12.7. The predicted molar refractivity (Wildman–Crippen MR) is 50.9 cm³/mol. The number of aryl methyl sites for hydroxylation is 1. The lowest BCUT2D eigenvalue weighted by Gasteiger charge is -1.96. The zero-order valence-corrected chi connectivity index (χ0v) is 8.02. The molecule has 2 rings (SSSR count). The maximum absolute atomic E-state index is 10.3. The van der Waals surface area contributed by atoms with Crippen molar-refractivity contribution in [1.82, 2.24) is 9.78 Å². The van der Waals surface area contributed by atoms with Crippen molar-refractivity contribution in [2.45, 2.75) is 32.2 Å². The van der Waals surface area contributed by atoms with Crippen LogP contribution >= 0.6 is 0 Å². The normalized spacial score (nSPS) is 15.7. The van der Waals surface area contributed by atoms with Crippen LogP contribution in [0.1, 0.15) is 24.8 Å². The molecular formula is C10H14N2O2. The number of hydrogen-bond acceptors (Lipinski definition) is 2. The fourth-order valence-corrected chi connectivity index (χ4v) is 1.45. The number of rotatable bonds is 5. The van der Waals surface area contributed by atoms with Crippen molar-refractivity contribution in [3.05, 3.63) is 18.0 Å². The topological polar surface area (TPSA) is 55.1 Å². The van der Waals surface area contributed by atoms with Crippen LogP contribution in [0.4, 0.5) is 0 Å². The molecule has 0 saturated heterocycles. The second-order valence-corrected chi connectivity index (χ2v) is 3.91. The number of carbonyl (C=O) groups is 1. The standard InChI is InChI=1S/C10H14N2O2/c13-10(14)4-3-9-5-11-12(7-9)6-8-1-2-8/h5,7-8H,1-4,6H2,(H,13,14). The molecule has 14 heavy (non-hydrogen) atoms. The summed E-state index contributed by atoms with van der Waals surface area (Å²) in [6.45, 7) is 0.993. The van der Waals surface area contributed by atoms with Gasteiger partial charge in [-0.1, -0.05) is 0 Å². The lowest BCUT2D eigenvalue weighted by molar-refractivity contribution is -0.136. The Morgan fingerprint density at radius 2 is 2.43 bits per heavy atom. The van der Waals surface area contributed by atoms with Gasteiger partial charge in [-0.25, -0.2) is 0 Å². The molecule has 1 aromatic heterocycles. The van der Waals surface area contributed by atoms with Gasteiger partial charge in [-0.3, -0.25) is 9.48 Å². The number of hydrogen-bond donors (Lipinski definition) is 1. The van der Waals surface area contributed by atoms with Crippen LogP contribution in [0.5, 0.6) is 0 Å². The second kappa shape index (κ2) is 3.82. The smallest absolute Gasteiger partial charge is 0.303 e. The zero-order valence-electron chi connectivity index (χ0n) is 8.02. The Morgan fingerprint density at radius 3 is 3.07 bits per heavy atom. The van der Waals surface area contributed by atoms with Crippen molar-refractivity contribution in [2.24, 2.45) is 5.92 Å². The van der Waals surface area contributed by atoms with Gasteiger partial charge in [0.2, 0.25) is 0 Å². The van der Waals surface area contributed by atoms with E-state index in [4.69, 9.17) is 5.11 Å². The van der Waals surface area contributed by atoms with Crippen molar-refractivity contribution in [1.29, 1.82) is 0 Å². The Kier molecular flexibility index (Phi) is 2.52. The molecule has 1 aliphatic carbocycles. The van der Waals surface area contributed by atoms with E-state index in [2.05, 4.69) is 5.10 Å². The first-order valence-electron chi connectivity index (χ1n) is 4.97. The van der Waals surface area contributed by atoms with E-state index in [1.54, 1.807) is 6.20 Å². The first kappa shape index (κ1) is 9.24. The van der Waals surface area contributed by atoms with Gasteiger partial charge in [-0.15, -0.1) is 0 Å². The average Bonchev–Trinajstić information content (AvgIpc) is 2.81. The Labute approximate surface area is 82.5 Å². The first-order valence-corrected chi connectivity index (χ1v) is 4.97. The van der Waals surface area contributed by atoms with Gasteiger partial charge in [-0.05, 0) is 30.7 Å².